The van der Waals surface area contributed by atoms with E-state index in [0.29, 0.717) is 24.8 Å². The number of benzene rings is 1. The first kappa shape index (κ1) is 15.6. The Morgan fingerprint density at radius 3 is 2.61 bits per heavy atom. The third-order valence-electron chi connectivity index (χ3n) is 4.01. The predicted octanol–water partition coefficient (Wildman–Crippen LogP) is 3.27. The van der Waals surface area contributed by atoms with E-state index in [0.717, 1.165) is 30.8 Å². The Hall–Kier alpha value is -2.31. The minimum Gasteiger partial charge on any atom is -0.508 e. The Morgan fingerprint density at radius 2 is 1.91 bits per heavy atom. The van der Waals surface area contributed by atoms with Gasteiger partial charge in [0.2, 0.25) is 0 Å². The summed E-state index contributed by atoms with van der Waals surface area (Å²) in [5.41, 5.74) is 0.192. The van der Waals surface area contributed by atoms with Crippen molar-refractivity contribution in [1.29, 1.82) is 0 Å². The van der Waals surface area contributed by atoms with E-state index in [4.69, 9.17) is 0 Å². The molecule has 23 heavy (non-hydrogen) atoms. The van der Waals surface area contributed by atoms with Crippen LogP contribution in [0.4, 0.5) is 19.0 Å². The fourth-order valence-electron chi connectivity index (χ4n) is 2.85. The van der Waals surface area contributed by atoms with E-state index < -0.39 is 11.9 Å². The van der Waals surface area contributed by atoms with Gasteiger partial charge in [-0.3, -0.25) is 0 Å². The molecule has 1 saturated heterocycles. The second-order valence-corrected chi connectivity index (χ2v) is 5.73. The Kier molecular flexibility index (Phi) is 4.11. The maximum atomic E-state index is 12.7. The summed E-state index contributed by atoms with van der Waals surface area (Å²) in [6, 6.07) is 8.02. The molecule has 2 heterocycles. The number of phenols is 1. The highest BCUT2D eigenvalue weighted by atomic mass is 19.4. The molecule has 1 aliphatic rings. The molecule has 7 heteroatoms. The maximum Gasteiger partial charge on any atom is 0.433 e. The van der Waals surface area contributed by atoms with Crippen molar-refractivity contribution in [2.75, 3.05) is 18.0 Å². The quantitative estimate of drug-likeness (QED) is 0.942. The zero-order chi connectivity index (χ0) is 16.4. The fraction of sp³-hybridized carbons (Fsp3) is 0.375. The highest BCUT2D eigenvalue weighted by molar-refractivity contribution is 5.41. The number of anilines is 1. The molecule has 1 aliphatic heterocycles. The topological polar surface area (TPSA) is 49.2 Å². The normalized spacial score (nSPS) is 18.4. The van der Waals surface area contributed by atoms with Crippen molar-refractivity contribution in [1.82, 2.24) is 9.97 Å². The number of aromatic nitrogens is 2. The first-order valence-electron chi connectivity index (χ1n) is 7.34. The molecule has 0 bridgehead atoms. The first-order chi connectivity index (χ1) is 10.9. The molecule has 0 radical (unpaired) electrons. The lowest BCUT2D eigenvalue weighted by Gasteiger charge is -2.18. The highest BCUT2D eigenvalue weighted by Crippen LogP contribution is 2.31. The van der Waals surface area contributed by atoms with Gasteiger partial charge in [0, 0.05) is 19.2 Å². The molecule has 122 valence electrons. The number of hydrogen-bond acceptors (Lipinski definition) is 4. The van der Waals surface area contributed by atoms with Gasteiger partial charge in [-0.1, -0.05) is 12.1 Å². The predicted molar refractivity (Wildman–Crippen MR) is 79.2 cm³/mol. The second kappa shape index (κ2) is 6.06. The van der Waals surface area contributed by atoms with Gasteiger partial charge in [0.15, 0.2) is 0 Å². The van der Waals surface area contributed by atoms with Gasteiger partial charge >= 0.3 is 6.18 Å². The standard InChI is InChI=1S/C16H16F3N3O/c17-16(18,19)14-8-15(21-10-20-14)22-6-5-12(9-22)7-11-1-3-13(23)4-2-11/h1-4,8,10,12,23H,5-7,9H2. The average molecular weight is 323 g/mol. The molecule has 0 aliphatic carbocycles. The van der Waals surface area contributed by atoms with Crippen molar-refractivity contribution in [3.05, 3.63) is 47.9 Å². The molecule has 1 fully saturated rings. The zero-order valence-corrected chi connectivity index (χ0v) is 12.3. The summed E-state index contributed by atoms with van der Waals surface area (Å²) in [5, 5.41) is 9.29. The van der Waals surface area contributed by atoms with E-state index in [-0.39, 0.29) is 5.75 Å². The molecule has 0 spiro atoms. The Bertz CT molecular complexity index is 673. The van der Waals surface area contributed by atoms with Crippen LogP contribution in [0.15, 0.2) is 36.7 Å². The van der Waals surface area contributed by atoms with Crippen molar-refractivity contribution < 1.29 is 18.3 Å². The van der Waals surface area contributed by atoms with Crippen LogP contribution in [0, 0.1) is 5.92 Å². The first-order valence-corrected chi connectivity index (χ1v) is 7.34. The Balaban J connectivity index is 1.66. The summed E-state index contributed by atoms with van der Waals surface area (Å²) >= 11 is 0. The van der Waals surface area contributed by atoms with Gasteiger partial charge in [-0.25, -0.2) is 9.97 Å². The van der Waals surface area contributed by atoms with Crippen LogP contribution in [0.3, 0.4) is 0 Å². The zero-order valence-electron chi connectivity index (χ0n) is 12.3. The number of hydrogen-bond donors (Lipinski definition) is 1. The van der Waals surface area contributed by atoms with Gasteiger partial charge < -0.3 is 10.0 Å². The number of phenolic OH excluding ortho intramolecular Hbond substituents is 1. The van der Waals surface area contributed by atoms with Crippen LogP contribution in [0.25, 0.3) is 0 Å². The summed E-state index contributed by atoms with van der Waals surface area (Å²) in [7, 11) is 0. The molecule has 1 N–H and O–H groups in total. The number of nitrogens with zero attached hydrogens (tertiary/aromatic N) is 3. The molecule has 1 unspecified atom stereocenters. The molecule has 2 aromatic rings. The van der Waals surface area contributed by atoms with E-state index in [9.17, 15) is 18.3 Å². The van der Waals surface area contributed by atoms with Gasteiger partial charge in [0.1, 0.15) is 23.6 Å². The van der Waals surface area contributed by atoms with Crippen molar-refractivity contribution >= 4 is 5.82 Å². The monoisotopic (exact) mass is 323 g/mol. The van der Waals surface area contributed by atoms with E-state index in [1.807, 2.05) is 17.0 Å². The molecule has 1 atom stereocenters. The molecule has 1 aromatic heterocycles. The SMILES string of the molecule is Oc1ccc(CC2CCN(c3cc(C(F)(F)F)ncn3)C2)cc1. The smallest absolute Gasteiger partial charge is 0.433 e. The lowest BCUT2D eigenvalue weighted by Crippen LogP contribution is -2.22. The molecule has 1 aromatic carbocycles. The van der Waals surface area contributed by atoms with E-state index in [1.165, 1.54) is 0 Å². The summed E-state index contributed by atoms with van der Waals surface area (Å²) in [6.45, 7) is 1.34. The summed E-state index contributed by atoms with van der Waals surface area (Å²) in [5.74, 6) is 0.895. The van der Waals surface area contributed by atoms with Crippen molar-refractivity contribution in [2.24, 2.45) is 5.92 Å². The lowest BCUT2D eigenvalue weighted by molar-refractivity contribution is -0.141. The van der Waals surface area contributed by atoms with Gasteiger partial charge in [-0.15, -0.1) is 0 Å². The van der Waals surface area contributed by atoms with Crippen LogP contribution in [-0.2, 0) is 12.6 Å². The van der Waals surface area contributed by atoms with Crippen molar-refractivity contribution in [3.8, 4) is 5.75 Å². The van der Waals surface area contributed by atoms with Crippen molar-refractivity contribution in [2.45, 2.75) is 19.0 Å². The van der Waals surface area contributed by atoms with Crippen LogP contribution in [0.5, 0.6) is 5.75 Å². The highest BCUT2D eigenvalue weighted by Gasteiger charge is 2.34. The van der Waals surface area contributed by atoms with Crippen LogP contribution in [-0.4, -0.2) is 28.2 Å². The van der Waals surface area contributed by atoms with Crippen LogP contribution in [0.2, 0.25) is 0 Å². The number of aromatic hydroxyl groups is 1. The van der Waals surface area contributed by atoms with E-state index in [1.54, 1.807) is 12.1 Å². The van der Waals surface area contributed by atoms with Gasteiger partial charge in [-0.2, -0.15) is 13.2 Å². The Labute approximate surface area is 131 Å². The minimum atomic E-state index is -4.46. The third-order valence-corrected chi connectivity index (χ3v) is 4.01. The van der Waals surface area contributed by atoms with E-state index >= 15 is 0 Å². The maximum absolute atomic E-state index is 12.7. The Morgan fingerprint density at radius 1 is 1.17 bits per heavy atom. The minimum absolute atomic E-state index is 0.225. The average Bonchev–Trinajstić information content (AvgIpc) is 2.97. The van der Waals surface area contributed by atoms with Crippen LogP contribution in [0.1, 0.15) is 17.7 Å². The van der Waals surface area contributed by atoms with Crippen molar-refractivity contribution in [3.63, 3.8) is 0 Å². The van der Waals surface area contributed by atoms with Gasteiger partial charge in [-0.05, 0) is 36.5 Å². The molecular weight excluding hydrogens is 307 g/mol. The molecule has 0 saturated carbocycles. The summed E-state index contributed by atoms with van der Waals surface area (Å²) in [4.78, 5) is 9.12. The molecular formula is C16H16F3N3O. The molecule has 4 nitrogen and oxygen atoms in total. The molecule has 0 amide bonds. The van der Waals surface area contributed by atoms with Gasteiger partial charge in [0.05, 0.1) is 0 Å². The fourth-order valence-corrected chi connectivity index (χ4v) is 2.85. The second-order valence-electron chi connectivity index (χ2n) is 5.73. The summed E-state index contributed by atoms with van der Waals surface area (Å²) in [6.07, 6.45) is -1.77. The van der Waals surface area contributed by atoms with Crippen LogP contribution >= 0.6 is 0 Å². The van der Waals surface area contributed by atoms with E-state index in [2.05, 4.69) is 9.97 Å². The number of rotatable bonds is 3. The number of halogens is 3. The number of alkyl halides is 3. The lowest BCUT2D eigenvalue weighted by atomic mass is 9.99. The summed E-state index contributed by atoms with van der Waals surface area (Å²) < 4.78 is 38.2. The third kappa shape index (κ3) is 3.72. The largest absolute Gasteiger partial charge is 0.508 e. The molecule has 3 rings (SSSR count). The van der Waals surface area contributed by atoms with Gasteiger partial charge in [0.25, 0.3) is 0 Å². The van der Waals surface area contributed by atoms with Crippen LogP contribution < -0.4 is 4.90 Å².